The van der Waals surface area contributed by atoms with E-state index in [0.717, 1.165) is 25.9 Å². The summed E-state index contributed by atoms with van der Waals surface area (Å²) in [5.41, 5.74) is 6.02. The Morgan fingerprint density at radius 1 is 1.09 bits per heavy atom. The van der Waals surface area contributed by atoms with Crippen molar-refractivity contribution in [1.29, 1.82) is 0 Å². The van der Waals surface area contributed by atoms with Gasteiger partial charge in [0, 0.05) is 32.2 Å². The highest BCUT2D eigenvalue weighted by Crippen LogP contribution is 2.10. The van der Waals surface area contributed by atoms with Crippen LogP contribution in [0.3, 0.4) is 0 Å². The first-order valence-electron chi connectivity index (χ1n) is 8.45. The number of nitrogens with zero attached hydrogens (tertiary/aromatic N) is 2. The Hall–Kier alpha value is -0.850. The summed E-state index contributed by atoms with van der Waals surface area (Å²) in [4.78, 5) is 28.1. The third kappa shape index (κ3) is 7.06. The lowest BCUT2D eigenvalue weighted by Crippen LogP contribution is -2.55. The van der Waals surface area contributed by atoms with Gasteiger partial charge in [0.05, 0.1) is 12.6 Å². The standard InChI is InChI=1S/C16H32N4O2.ClH/c1-5-12(3)15(17)16(22)20-9-7-19(8-10-20)11-14(21)18-13(4)6-2;/h12-13,15H,5-11,17H2,1-4H3,(H,18,21);1H. The van der Waals surface area contributed by atoms with Crippen molar-refractivity contribution in [3.05, 3.63) is 0 Å². The largest absolute Gasteiger partial charge is 0.353 e. The van der Waals surface area contributed by atoms with Gasteiger partial charge in [-0.2, -0.15) is 0 Å². The molecular formula is C16H33ClN4O2. The van der Waals surface area contributed by atoms with Crippen LogP contribution in [0.4, 0.5) is 0 Å². The lowest BCUT2D eigenvalue weighted by molar-refractivity contribution is -0.135. The maximum absolute atomic E-state index is 12.3. The second kappa shape index (κ2) is 10.8. The molecule has 2 amide bonds. The molecule has 0 aliphatic carbocycles. The molecule has 0 aromatic rings. The highest BCUT2D eigenvalue weighted by molar-refractivity contribution is 5.85. The van der Waals surface area contributed by atoms with E-state index >= 15 is 0 Å². The van der Waals surface area contributed by atoms with Crippen LogP contribution in [0, 0.1) is 5.92 Å². The Morgan fingerprint density at radius 3 is 2.13 bits per heavy atom. The molecule has 1 aliphatic rings. The van der Waals surface area contributed by atoms with Crippen LogP contribution >= 0.6 is 12.4 Å². The summed E-state index contributed by atoms with van der Waals surface area (Å²) in [5, 5.41) is 2.97. The Balaban J connectivity index is 0.00000484. The number of hydrogen-bond acceptors (Lipinski definition) is 4. The molecule has 1 rings (SSSR count). The maximum atomic E-state index is 12.3. The summed E-state index contributed by atoms with van der Waals surface area (Å²) in [6, 6.07) is -0.200. The van der Waals surface area contributed by atoms with Gasteiger partial charge >= 0.3 is 0 Å². The summed E-state index contributed by atoms with van der Waals surface area (Å²) >= 11 is 0. The first kappa shape index (κ1) is 22.1. The van der Waals surface area contributed by atoms with Crippen LogP contribution in [0.15, 0.2) is 0 Å². The molecule has 136 valence electrons. The summed E-state index contributed by atoms with van der Waals surface area (Å²) in [7, 11) is 0. The number of piperazine rings is 1. The van der Waals surface area contributed by atoms with Crippen LogP contribution in [-0.2, 0) is 9.59 Å². The molecule has 0 spiro atoms. The zero-order valence-electron chi connectivity index (χ0n) is 14.9. The second-order valence-electron chi connectivity index (χ2n) is 6.39. The number of rotatable bonds is 7. The minimum absolute atomic E-state index is 0. The van der Waals surface area contributed by atoms with E-state index in [9.17, 15) is 9.59 Å². The average molecular weight is 349 g/mol. The van der Waals surface area contributed by atoms with Crippen LogP contribution in [0.5, 0.6) is 0 Å². The summed E-state index contributed by atoms with van der Waals surface area (Å²) in [6.07, 6.45) is 1.84. The van der Waals surface area contributed by atoms with E-state index in [1.54, 1.807) is 0 Å². The predicted molar refractivity (Wildman–Crippen MR) is 95.6 cm³/mol. The van der Waals surface area contributed by atoms with E-state index in [0.29, 0.717) is 19.6 Å². The van der Waals surface area contributed by atoms with Crippen molar-refractivity contribution in [2.75, 3.05) is 32.7 Å². The van der Waals surface area contributed by atoms with Crippen molar-refractivity contribution in [1.82, 2.24) is 15.1 Å². The summed E-state index contributed by atoms with van der Waals surface area (Å²) in [6.45, 7) is 11.3. The van der Waals surface area contributed by atoms with Gasteiger partial charge in [-0.05, 0) is 19.3 Å². The Bertz CT molecular complexity index is 373. The predicted octanol–water partition coefficient (Wildman–Crippen LogP) is 0.841. The second-order valence-corrected chi connectivity index (χ2v) is 6.39. The normalized spacial score (nSPS) is 19.4. The third-order valence-electron chi connectivity index (χ3n) is 4.61. The quantitative estimate of drug-likeness (QED) is 0.714. The molecule has 23 heavy (non-hydrogen) atoms. The van der Waals surface area contributed by atoms with Gasteiger partial charge in [0.1, 0.15) is 0 Å². The summed E-state index contributed by atoms with van der Waals surface area (Å²) < 4.78 is 0. The van der Waals surface area contributed by atoms with Crippen molar-refractivity contribution < 1.29 is 9.59 Å². The highest BCUT2D eigenvalue weighted by atomic mass is 35.5. The molecule has 6 nitrogen and oxygen atoms in total. The first-order chi connectivity index (χ1) is 10.4. The van der Waals surface area contributed by atoms with Crippen LogP contribution in [0.2, 0.25) is 0 Å². The smallest absolute Gasteiger partial charge is 0.239 e. The fraction of sp³-hybridized carbons (Fsp3) is 0.875. The third-order valence-corrected chi connectivity index (χ3v) is 4.61. The highest BCUT2D eigenvalue weighted by Gasteiger charge is 2.28. The molecule has 0 aromatic heterocycles. The molecule has 0 aromatic carbocycles. The Labute approximate surface area is 146 Å². The molecule has 1 saturated heterocycles. The molecule has 0 radical (unpaired) electrons. The minimum atomic E-state index is -0.412. The van der Waals surface area contributed by atoms with Crippen molar-refractivity contribution in [3.63, 3.8) is 0 Å². The van der Waals surface area contributed by atoms with Gasteiger partial charge in [0.15, 0.2) is 0 Å². The van der Waals surface area contributed by atoms with Crippen molar-refractivity contribution in [3.8, 4) is 0 Å². The fourth-order valence-corrected chi connectivity index (χ4v) is 2.46. The SMILES string of the molecule is CCC(C)NC(=O)CN1CCN(C(=O)C(N)C(C)CC)CC1.Cl. The van der Waals surface area contributed by atoms with Gasteiger partial charge in [0.2, 0.25) is 11.8 Å². The molecular weight excluding hydrogens is 316 g/mol. The van der Waals surface area contributed by atoms with Crippen LogP contribution in [0.25, 0.3) is 0 Å². The lowest BCUT2D eigenvalue weighted by atomic mass is 9.98. The maximum Gasteiger partial charge on any atom is 0.239 e. The number of nitrogens with two attached hydrogens (primary N) is 1. The van der Waals surface area contributed by atoms with Crippen molar-refractivity contribution in [2.24, 2.45) is 11.7 Å². The topological polar surface area (TPSA) is 78.7 Å². The average Bonchev–Trinajstić information content (AvgIpc) is 2.53. The van der Waals surface area contributed by atoms with Gasteiger partial charge in [-0.3, -0.25) is 14.5 Å². The molecule has 1 heterocycles. The van der Waals surface area contributed by atoms with E-state index in [1.165, 1.54) is 0 Å². The molecule has 0 bridgehead atoms. The molecule has 3 N–H and O–H groups in total. The number of nitrogens with one attached hydrogen (secondary N) is 1. The fourth-order valence-electron chi connectivity index (χ4n) is 2.46. The van der Waals surface area contributed by atoms with Crippen molar-refractivity contribution in [2.45, 2.75) is 52.6 Å². The molecule has 7 heteroatoms. The van der Waals surface area contributed by atoms with E-state index in [2.05, 4.69) is 17.1 Å². The molecule has 1 fully saturated rings. The summed E-state index contributed by atoms with van der Waals surface area (Å²) in [5.74, 6) is 0.301. The number of carbonyl (C=O) groups is 2. The van der Waals surface area contributed by atoms with Crippen LogP contribution in [-0.4, -0.2) is 66.4 Å². The Kier molecular flexibility index (Phi) is 10.4. The van der Waals surface area contributed by atoms with Crippen LogP contribution in [0.1, 0.15) is 40.5 Å². The van der Waals surface area contributed by atoms with E-state index < -0.39 is 6.04 Å². The molecule has 3 atom stereocenters. The van der Waals surface area contributed by atoms with E-state index in [-0.39, 0.29) is 36.2 Å². The number of carbonyl (C=O) groups excluding carboxylic acids is 2. The first-order valence-corrected chi connectivity index (χ1v) is 8.45. The van der Waals surface area contributed by atoms with Gasteiger partial charge in [-0.1, -0.05) is 27.2 Å². The molecule has 0 saturated carbocycles. The van der Waals surface area contributed by atoms with Gasteiger partial charge in [0.25, 0.3) is 0 Å². The van der Waals surface area contributed by atoms with Gasteiger partial charge in [-0.25, -0.2) is 0 Å². The monoisotopic (exact) mass is 348 g/mol. The Morgan fingerprint density at radius 2 is 1.65 bits per heavy atom. The van der Waals surface area contributed by atoms with Crippen LogP contribution < -0.4 is 11.1 Å². The van der Waals surface area contributed by atoms with E-state index in [4.69, 9.17) is 5.73 Å². The minimum Gasteiger partial charge on any atom is -0.353 e. The number of halogens is 1. The zero-order chi connectivity index (χ0) is 16.7. The van der Waals surface area contributed by atoms with Gasteiger partial charge < -0.3 is 16.0 Å². The lowest BCUT2D eigenvalue weighted by Gasteiger charge is -2.36. The van der Waals surface area contributed by atoms with E-state index in [1.807, 2.05) is 25.7 Å². The zero-order valence-corrected chi connectivity index (χ0v) is 15.7. The van der Waals surface area contributed by atoms with Crippen molar-refractivity contribution >= 4 is 24.2 Å². The number of hydrogen-bond donors (Lipinski definition) is 2. The van der Waals surface area contributed by atoms with Gasteiger partial charge in [-0.15, -0.1) is 12.4 Å². The molecule has 3 unspecified atom stereocenters. The number of amides is 2. The molecule has 1 aliphatic heterocycles.